The normalized spacial score (nSPS) is 10.4. The molecular weight excluding hydrogens is 361 g/mol. The highest BCUT2D eigenvalue weighted by atomic mass is 19.1. The maximum atomic E-state index is 13.7. The van der Waals surface area contributed by atoms with Gasteiger partial charge in [0.15, 0.2) is 5.82 Å². The number of carbonyl (C=O) groups excluding carboxylic acids is 1. The predicted octanol–water partition coefficient (Wildman–Crippen LogP) is 4.66. The molecule has 0 aliphatic rings. The van der Waals surface area contributed by atoms with Crippen molar-refractivity contribution < 1.29 is 18.7 Å². The molecule has 3 rings (SSSR count). The Bertz CT molecular complexity index is 1010. The number of nitrogens with one attached hydrogen (secondary N) is 1. The second kappa shape index (κ2) is 8.47. The van der Waals surface area contributed by atoms with Gasteiger partial charge in [0.25, 0.3) is 0 Å². The number of hydrogen-bond acceptors (Lipinski definition) is 5. The number of aromatic nitrogens is 2. The summed E-state index contributed by atoms with van der Waals surface area (Å²) >= 11 is 0. The van der Waals surface area contributed by atoms with Crippen molar-refractivity contribution in [3.8, 4) is 17.1 Å². The molecular formula is C21H20FN3O3. The molecule has 144 valence electrons. The Kier molecular flexibility index (Phi) is 5.84. The summed E-state index contributed by atoms with van der Waals surface area (Å²) < 4.78 is 24.2. The summed E-state index contributed by atoms with van der Waals surface area (Å²) in [6.07, 6.45) is 0.918. The van der Waals surface area contributed by atoms with Crippen molar-refractivity contribution >= 4 is 11.8 Å². The molecule has 7 heteroatoms. The van der Waals surface area contributed by atoms with Gasteiger partial charge in [-0.2, -0.15) is 9.37 Å². The molecule has 0 fully saturated rings. The summed E-state index contributed by atoms with van der Waals surface area (Å²) in [4.78, 5) is 19.5. The molecule has 2 aromatic carbocycles. The molecule has 0 unspecified atom stereocenters. The number of aryl methyl sites for hydroxylation is 2. The van der Waals surface area contributed by atoms with Gasteiger partial charge in [-0.3, -0.25) is 5.32 Å². The molecule has 1 N–H and O–H groups in total. The zero-order valence-corrected chi connectivity index (χ0v) is 15.8. The van der Waals surface area contributed by atoms with E-state index < -0.39 is 12.0 Å². The number of halogens is 1. The molecule has 1 aromatic heterocycles. The van der Waals surface area contributed by atoms with Gasteiger partial charge in [-0.15, -0.1) is 0 Å². The summed E-state index contributed by atoms with van der Waals surface area (Å²) in [5, 5.41) is 2.66. The summed E-state index contributed by atoms with van der Waals surface area (Å²) in [6, 6.07) is 12.7. The topological polar surface area (TPSA) is 73.3 Å². The number of benzene rings is 2. The van der Waals surface area contributed by atoms with Gasteiger partial charge in [0, 0.05) is 22.9 Å². The van der Waals surface area contributed by atoms with Crippen molar-refractivity contribution in [1.29, 1.82) is 0 Å². The van der Waals surface area contributed by atoms with E-state index in [0.717, 1.165) is 11.1 Å². The van der Waals surface area contributed by atoms with E-state index in [9.17, 15) is 9.18 Å². The molecule has 3 aromatic rings. The van der Waals surface area contributed by atoms with Gasteiger partial charge < -0.3 is 9.47 Å². The Morgan fingerprint density at radius 1 is 1.14 bits per heavy atom. The molecule has 0 bridgehead atoms. The number of anilines is 1. The van der Waals surface area contributed by atoms with Crippen LogP contribution in [0.2, 0.25) is 0 Å². The number of amides is 1. The van der Waals surface area contributed by atoms with E-state index in [2.05, 4.69) is 20.0 Å². The molecule has 1 amide bonds. The van der Waals surface area contributed by atoms with Crippen LogP contribution in [0.25, 0.3) is 11.4 Å². The van der Waals surface area contributed by atoms with E-state index in [1.165, 1.54) is 13.3 Å². The van der Waals surface area contributed by atoms with Crippen LogP contribution >= 0.6 is 0 Å². The first kappa shape index (κ1) is 19.3. The maximum Gasteiger partial charge on any atom is 0.411 e. The first-order valence-corrected chi connectivity index (χ1v) is 8.63. The van der Waals surface area contributed by atoms with Crippen LogP contribution in [0.3, 0.4) is 0 Å². The molecule has 0 aliphatic heterocycles. The highest BCUT2D eigenvalue weighted by Gasteiger charge is 2.10. The minimum Gasteiger partial charge on any atom is -0.489 e. The monoisotopic (exact) mass is 381 g/mol. The third kappa shape index (κ3) is 4.43. The van der Waals surface area contributed by atoms with Crippen molar-refractivity contribution in [2.75, 3.05) is 12.4 Å². The second-order valence-corrected chi connectivity index (χ2v) is 6.21. The standard InChI is InChI=1S/C21H20FN3O3/c1-13-10-15(20-23-11-14(2)19(22)25-20)8-9-18(13)28-12-16-6-4-5-7-17(16)24-21(26)27-3/h4-11H,12H2,1-3H3,(H,24,26). The lowest BCUT2D eigenvalue weighted by Crippen LogP contribution is -2.13. The van der Waals surface area contributed by atoms with Crippen LogP contribution in [0, 0.1) is 19.8 Å². The van der Waals surface area contributed by atoms with Crippen LogP contribution in [0.1, 0.15) is 16.7 Å². The fourth-order valence-corrected chi connectivity index (χ4v) is 2.60. The number of carbonyl (C=O) groups is 1. The Labute approximate surface area is 162 Å². The number of rotatable bonds is 5. The molecule has 28 heavy (non-hydrogen) atoms. The Morgan fingerprint density at radius 2 is 1.93 bits per heavy atom. The van der Waals surface area contributed by atoms with E-state index >= 15 is 0 Å². The summed E-state index contributed by atoms with van der Waals surface area (Å²) in [5.74, 6) is 0.465. The average Bonchev–Trinajstić information content (AvgIpc) is 2.70. The van der Waals surface area contributed by atoms with Gasteiger partial charge in [0.2, 0.25) is 5.95 Å². The summed E-state index contributed by atoms with van der Waals surface area (Å²) in [5.41, 5.74) is 3.39. The first-order valence-electron chi connectivity index (χ1n) is 8.63. The Morgan fingerprint density at radius 3 is 2.64 bits per heavy atom. The van der Waals surface area contributed by atoms with Gasteiger partial charge in [0.1, 0.15) is 12.4 Å². The van der Waals surface area contributed by atoms with Gasteiger partial charge in [0.05, 0.1) is 12.8 Å². The molecule has 0 atom stereocenters. The zero-order chi connectivity index (χ0) is 20.1. The lowest BCUT2D eigenvalue weighted by atomic mass is 10.1. The van der Waals surface area contributed by atoms with Gasteiger partial charge in [-0.05, 0) is 43.7 Å². The highest BCUT2D eigenvalue weighted by Crippen LogP contribution is 2.26. The fraction of sp³-hybridized carbons (Fsp3) is 0.190. The lowest BCUT2D eigenvalue weighted by molar-refractivity contribution is 0.187. The minimum atomic E-state index is -0.543. The van der Waals surface area contributed by atoms with Crippen molar-refractivity contribution in [2.45, 2.75) is 20.5 Å². The zero-order valence-electron chi connectivity index (χ0n) is 15.8. The minimum absolute atomic E-state index is 0.260. The Balaban J connectivity index is 1.76. The molecule has 0 saturated heterocycles. The lowest BCUT2D eigenvalue weighted by Gasteiger charge is -2.13. The fourth-order valence-electron chi connectivity index (χ4n) is 2.60. The van der Waals surface area contributed by atoms with Crippen LogP contribution in [0.15, 0.2) is 48.7 Å². The molecule has 0 spiro atoms. The average molecular weight is 381 g/mol. The maximum absolute atomic E-state index is 13.7. The van der Waals surface area contributed by atoms with E-state index in [4.69, 9.17) is 4.74 Å². The van der Waals surface area contributed by atoms with Crippen LogP contribution in [-0.4, -0.2) is 23.2 Å². The van der Waals surface area contributed by atoms with Crippen molar-refractivity contribution in [3.05, 3.63) is 71.3 Å². The van der Waals surface area contributed by atoms with Gasteiger partial charge in [-0.25, -0.2) is 9.78 Å². The molecule has 0 radical (unpaired) electrons. The summed E-state index contributed by atoms with van der Waals surface area (Å²) in [7, 11) is 1.31. The van der Waals surface area contributed by atoms with Crippen LogP contribution in [0.5, 0.6) is 5.75 Å². The van der Waals surface area contributed by atoms with Gasteiger partial charge in [-0.1, -0.05) is 18.2 Å². The van der Waals surface area contributed by atoms with E-state index in [-0.39, 0.29) is 6.61 Å². The summed E-state index contributed by atoms with van der Waals surface area (Å²) in [6.45, 7) is 3.77. The quantitative estimate of drug-likeness (QED) is 0.651. The van der Waals surface area contributed by atoms with Crippen LogP contribution < -0.4 is 10.1 Å². The third-order valence-corrected chi connectivity index (χ3v) is 4.17. The number of para-hydroxylation sites is 1. The number of ether oxygens (including phenoxy) is 2. The molecule has 0 aliphatic carbocycles. The molecule has 1 heterocycles. The predicted molar refractivity (Wildman–Crippen MR) is 104 cm³/mol. The van der Waals surface area contributed by atoms with Gasteiger partial charge >= 0.3 is 6.09 Å². The van der Waals surface area contributed by atoms with Crippen LogP contribution in [-0.2, 0) is 11.3 Å². The molecule has 6 nitrogen and oxygen atoms in total. The van der Waals surface area contributed by atoms with Crippen molar-refractivity contribution in [2.24, 2.45) is 0 Å². The number of nitrogens with zero attached hydrogens (tertiary/aromatic N) is 2. The SMILES string of the molecule is COC(=O)Nc1ccccc1COc1ccc(-c2ncc(C)c(F)n2)cc1C. The van der Waals surface area contributed by atoms with Crippen molar-refractivity contribution in [1.82, 2.24) is 9.97 Å². The van der Waals surface area contributed by atoms with E-state index in [1.807, 2.05) is 31.2 Å². The third-order valence-electron chi connectivity index (χ3n) is 4.17. The van der Waals surface area contributed by atoms with E-state index in [1.54, 1.807) is 25.1 Å². The Hall–Kier alpha value is -3.48. The van der Waals surface area contributed by atoms with Crippen molar-refractivity contribution in [3.63, 3.8) is 0 Å². The van der Waals surface area contributed by atoms with E-state index in [0.29, 0.717) is 28.4 Å². The van der Waals surface area contributed by atoms with Crippen LogP contribution in [0.4, 0.5) is 14.9 Å². The molecule has 0 saturated carbocycles. The smallest absolute Gasteiger partial charge is 0.411 e. The number of hydrogen-bond donors (Lipinski definition) is 1. The first-order chi connectivity index (χ1) is 13.5. The second-order valence-electron chi connectivity index (χ2n) is 6.21. The largest absolute Gasteiger partial charge is 0.489 e. The highest BCUT2D eigenvalue weighted by molar-refractivity contribution is 5.85. The number of methoxy groups -OCH3 is 1.